The van der Waals surface area contributed by atoms with Crippen LogP contribution in [0.15, 0.2) is 30.3 Å². The number of amides is 1. The fourth-order valence-corrected chi connectivity index (χ4v) is 1.74. The van der Waals surface area contributed by atoms with Crippen molar-refractivity contribution in [3.05, 3.63) is 35.9 Å². The highest BCUT2D eigenvalue weighted by atomic mass is 16.3. The number of nitrogens with two attached hydrogens (primary N) is 1. The molecule has 1 rings (SSSR count). The number of aryl methyl sites for hydroxylation is 1. The van der Waals surface area contributed by atoms with E-state index in [9.17, 15) is 9.90 Å². The van der Waals surface area contributed by atoms with Crippen LogP contribution >= 0.6 is 0 Å². The van der Waals surface area contributed by atoms with Gasteiger partial charge in [-0.2, -0.15) is 0 Å². The van der Waals surface area contributed by atoms with Gasteiger partial charge in [0.25, 0.3) is 0 Å². The van der Waals surface area contributed by atoms with E-state index in [-0.39, 0.29) is 12.5 Å². The van der Waals surface area contributed by atoms with Gasteiger partial charge in [0.2, 0.25) is 5.91 Å². The highest BCUT2D eigenvalue weighted by Gasteiger charge is 2.29. The van der Waals surface area contributed by atoms with Crippen LogP contribution in [0.3, 0.4) is 0 Å². The second-order valence-corrected chi connectivity index (χ2v) is 5.50. The average Bonchev–Trinajstić information content (AvgIpc) is 2.44. The van der Waals surface area contributed by atoms with Crippen LogP contribution in [-0.2, 0) is 11.2 Å². The predicted molar refractivity (Wildman–Crippen MR) is 76.7 cm³/mol. The molecule has 1 unspecified atom stereocenters. The van der Waals surface area contributed by atoms with Crippen LogP contribution in [0.5, 0.6) is 0 Å². The van der Waals surface area contributed by atoms with Crippen molar-refractivity contribution in [2.24, 2.45) is 5.73 Å². The average molecular weight is 264 g/mol. The lowest BCUT2D eigenvalue weighted by atomic mass is 10.0. The molecule has 0 saturated heterocycles. The Morgan fingerprint density at radius 2 is 1.95 bits per heavy atom. The van der Waals surface area contributed by atoms with E-state index in [1.165, 1.54) is 10.5 Å². The van der Waals surface area contributed by atoms with Crippen molar-refractivity contribution in [1.82, 2.24) is 4.90 Å². The van der Waals surface area contributed by atoms with Crippen LogP contribution in [0.4, 0.5) is 0 Å². The minimum absolute atomic E-state index is 0.0827. The monoisotopic (exact) mass is 264 g/mol. The summed E-state index contributed by atoms with van der Waals surface area (Å²) in [7, 11) is 1.68. The molecule has 0 bridgehead atoms. The molecule has 1 aromatic rings. The maximum atomic E-state index is 12.2. The standard InChI is InChI=1S/C15H24N2O2/c1-15(2,11-18)17(3)14(19)13(16)10-9-12-7-5-4-6-8-12/h4-8,13,18H,9-11,16H2,1-3H3. The van der Waals surface area contributed by atoms with Gasteiger partial charge in [0.15, 0.2) is 0 Å². The van der Waals surface area contributed by atoms with Gasteiger partial charge in [-0.1, -0.05) is 30.3 Å². The molecule has 3 N–H and O–H groups in total. The Balaban J connectivity index is 2.54. The van der Waals surface area contributed by atoms with Crippen LogP contribution in [0.1, 0.15) is 25.8 Å². The van der Waals surface area contributed by atoms with Gasteiger partial charge in [0.05, 0.1) is 18.2 Å². The molecule has 4 nitrogen and oxygen atoms in total. The van der Waals surface area contributed by atoms with E-state index < -0.39 is 11.6 Å². The lowest BCUT2D eigenvalue weighted by Gasteiger charge is -2.35. The van der Waals surface area contributed by atoms with Crippen LogP contribution in [0, 0.1) is 0 Å². The Labute approximate surface area is 115 Å². The predicted octanol–water partition coefficient (Wildman–Crippen LogP) is 1.18. The molecule has 1 atom stereocenters. The molecule has 19 heavy (non-hydrogen) atoms. The van der Waals surface area contributed by atoms with E-state index in [1.807, 2.05) is 44.2 Å². The van der Waals surface area contributed by atoms with E-state index in [0.29, 0.717) is 6.42 Å². The highest BCUT2D eigenvalue weighted by Crippen LogP contribution is 2.13. The minimum atomic E-state index is -0.582. The highest BCUT2D eigenvalue weighted by molar-refractivity contribution is 5.82. The fraction of sp³-hybridized carbons (Fsp3) is 0.533. The number of likely N-dealkylation sites (N-methyl/N-ethyl adjacent to an activating group) is 1. The van der Waals surface area contributed by atoms with Crippen LogP contribution in [0.2, 0.25) is 0 Å². The summed E-state index contributed by atoms with van der Waals surface area (Å²) in [6, 6.07) is 9.44. The lowest BCUT2D eigenvalue weighted by Crippen LogP contribution is -2.53. The van der Waals surface area contributed by atoms with Gasteiger partial charge in [-0.3, -0.25) is 4.79 Å². The van der Waals surface area contributed by atoms with Crippen molar-refractivity contribution in [2.75, 3.05) is 13.7 Å². The van der Waals surface area contributed by atoms with Gasteiger partial charge in [0, 0.05) is 7.05 Å². The first kappa shape index (κ1) is 15.7. The van der Waals surface area contributed by atoms with Crippen molar-refractivity contribution in [1.29, 1.82) is 0 Å². The molecule has 0 aromatic heterocycles. The second-order valence-electron chi connectivity index (χ2n) is 5.50. The van der Waals surface area contributed by atoms with Crippen molar-refractivity contribution < 1.29 is 9.90 Å². The molecule has 1 amide bonds. The van der Waals surface area contributed by atoms with Crippen LogP contribution in [0.25, 0.3) is 0 Å². The molecule has 0 saturated carbocycles. The Bertz CT molecular complexity index is 404. The van der Waals surface area contributed by atoms with Crippen molar-refractivity contribution >= 4 is 5.91 Å². The number of aliphatic hydroxyl groups excluding tert-OH is 1. The normalized spacial score (nSPS) is 13.1. The first-order chi connectivity index (χ1) is 8.88. The summed E-state index contributed by atoms with van der Waals surface area (Å²) in [5.74, 6) is -0.130. The molecule has 106 valence electrons. The number of hydrogen-bond donors (Lipinski definition) is 2. The quantitative estimate of drug-likeness (QED) is 0.810. The first-order valence-electron chi connectivity index (χ1n) is 6.56. The van der Waals surface area contributed by atoms with E-state index in [1.54, 1.807) is 7.05 Å². The Hall–Kier alpha value is -1.39. The van der Waals surface area contributed by atoms with Crippen molar-refractivity contribution in [2.45, 2.75) is 38.3 Å². The second kappa shape index (κ2) is 6.68. The fourth-order valence-electron chi connectivity index (χ4n) is 1.74. The maximum Gasteiger partial charge on any atom is 0.239 e. The molecule has 1 aromatic carbocycles. The number of carbonyl (C=O) groups excluding carboxylic acids is 1. The Morgan fingerprint density at radius 1 is 1.37 bits per heavy atom. The summed E-state index contributed by atoms with van der Waals surface area (Å²) in [5, 5.41) is 9.27. The third kappa shape index (κ3) is 4.33. The zero-order valence-corrected chi connectivity index (χ0v) is 12.0. The van der Waals surface area contributed by atoms with Crippen molar-refractivity contribution in [3.63, 3.8) is 0 Å². The number of nitrogens with zero attached hydrogens (tertiary/aromatic N) is 1. The molecule has 0 aliphatic carbocycles. The van der Waals surface area contributed by atoms with Gasteiger partial charge in [-0.05, 0) is 32.3 Å². The summed E-state index contributed by atoms with van der Waals surface area (Å²) < 4.78 is 0. The minimum Gasteiger partial charge on any atom is -0.394 e. The number of benzene rings is 1. The van der Waals surface area contributed by atoms with Gasteiger partial charge >= 0.3 is 0 Å². The lowest BCUT2D eigenvalue weighted by molar-refractivity contribution is -0.137. The zero-order valence-electron chi connectivity index (χ0n) is 12.0. The van der Waals surface area contributed by atoms with Gasteiger partial charge < -0.3 is 15.7 Å². The van der Waals surface area contributed by atoms with Crippen molar-refractivity contribution in [3.8, 4) is 0 Å². The Morgan fingerprint density at radius 3 is 2.47 bits per heavy atom. The molecule has 0 aliphatic rings. The molecule has 0 aliphatic heterocycles. The summed E-state index contributed by atoms with van der Waals surface area (Å²) in [6.07, 6.45) is 1.38. The van der Waals surface area contributed by atoms with Gasteiger partial charge in [-0.15, -0.1) is 0 Å². The summed E-state index contributed by atoms with van der Waals surface area (Å²) in [4.78, 5) is 13.7. The number of hydrogen-bond acceptors (Lipinski definition) is 3. The van der Waals surface area contributed by atoms with E-state index in [0.717, 1.165) is 6.42 Å². The summed E-state index contributed by atoms with van der Waals surface area (Å²) >= 11 is 0. The Kier molecular flexibility index (Phi) is 5.51. The SMILES string of the molecule is CN(C(=O)C(N)CCc1ccccc1)C(C)(C)CO. The molecule has 0 fully saturated rings. The van der Waals surface area contributed by atoms with E-state index in [4.69, 9.17) is 5.73 Å². The zero-order chi connectivity index (χ0) is 14.5. The van der Waals surface area contributed by atoms with Crippen LogP contribution in [-0.4, -0.2) is 41.1 Å². The molecule has 0 radical (unpaired) electrons. The molecular weight excluding hydrogens is 240 g/mol. The summed E-state index contributed by atoms with van der Waals surface area (Å²) in [6.45, 7) is 3.55. The molecular formula is C15H24N2O2. The molecule has 4 heteroatoms. The smallest absolute Gasteiger partial charge is 0.239 e. The summed E-state index contributed by atoms with van der Waals surface area (Å²) in [5.41, 5.74) is 6.54. The van der Waals surface area contributed by atoms with Crippen LogP contribution < -0.4 is 5.73 Å². The first-order valence-corrected chi connectivity index (χ1v) is 6.56. The molecule has 0 heterocycles. The molecule has 0 spiro atoms. The third-order valence-corrected chi connectivity index (χ3v) is 3.53. The van der Waals surface area contributed by atoms with Gasteiger partial charge in [-0.25, -0.2) is 0 Å². The van der Waals surface area contributed by atoms with Gasteiger partial charge in [0.1, 0.15) is 0 Å². The number of aliphatic hydroxyl groups is 1. The maximum absolute atomic E-state index is 12.2. The number of rotatable bonds is 6. The topological polar surface area (TPSA) is 66.6 Å². The van der Waals surface area contributed by atoms with E-state index >= 15 is 0 Å². The van der Waals surface area contributed by atoms with E-state index in [2.05, 4.69) is 0 Å². The number of carbonyl (C=O) groups is 1. The largest absolute Gasteiger partial charge is 0.394 e. The third-order valence-electron chi connectivity index (χ3n) is 3.53.